The van der Waals surface area contributed by atoms with E-state index in [9.17, 15) is 4.79 Å². The van der Waals surface area contributed by atoms with Crippen molar-refractivity contribution in [3.05, 3.63) is 54.1 Å². The van der Waals surface area contributed by atoms with Crippen molar-refractivity contribution in [1.82, 2.24) is 4.90 Å². The lowest BCUT2D eigenvalue weighted by Gasteiger charge is -2.35. The molecule has 0 aliphatic carbocycles. The van der Waals surface area contributed by atoms with E-state index in [1.54, 1.807) is 7.11 Å². The SMILES string of the molecule is COc1ccc(-c2ccc(COC3CCCCN3CCCCC(=O)O)cc2)cc1. The predicted molar refractivity (Wildman–Crippen MR) is 114 cm³/mol. The Morgan fingerprint density at radius 1 is 1.03 bits per heavy atom. The molecule has 1 heterocycles. The highest BCUT2D eigenvalue weighted by molar-refractivity contribution is 5.66. The van der Waals surface area contributed by atoms with Gasteiger partial charge < -0.3 is 14.6 Å². The van der Waals surface area contributed by atoms with Gasteiger partial charge in [0.25, 0.3) is 0 Å². The molecule has 3 rings (SSSR count). The van der Waals surface area contributed by atoms with E-state index in [1.165, 1.54) is 24.0 Å². The Balaban J connectivity index is 1.50. The number of aliphatic carboxylic acids is 1. The van der Waals surface area contributed by atoms with Crippen LogP contribution in [0.3, 0.4) is 0 Å². The van der Waals surface area contributed by atoms with Gasteiger partial charge in [0.2, 0.25) is 0 Å². The number of benzene rings is 2. The lowest BCUT2D eigenvalue weighted by Crippen LogP contribution is -2.41. The molecule has 1 saturated heterocycles. The van der Waals surface area contributed by atoms with Crippen LogP contribution in [0, 0.1) is 0 Å². The minimum Gasteiger partial charge on any atom is -0.497 e. The maximum atomic E-state index is 10.7. The van der Waals surface area contributed by atoms with Crippen LogP contribution < -0.4 is 4.74 Å². The van der Waals surface area contributed by atoms with E-state index in [0.29, 0.717) is 6.61 Å². The summed E-state index contributed by atoms with van der Waals surface area (Å²) < 4.78 is 11.4. The Morgan fingerprint density at radius 3 is 2.38 bits per heavy atom. The van der Waals surface area contributed by atoms with Gasteiger partial charge in [0.1, 0.15) is 12.0 Å². The first-order valence-electron chi connectivity index (χ1n) is 10.5. The molecule has 0 radical (unpaired) electrons. The van der Waals surface area contributed by atoms with Crippen LogP contribution in [-0.2, 0) is 16.1 Å². The molecule has 0 aromatic heterocycles. The van der Waals surface area contributed by atoms with Crippen LogP contribution in [0.2, 0.25) is 0 Å². The van der Waals surface area contributed by atoms with Gasteiger partial charge in [0, 0.05) is 19.5 Å². The van der Waals surface area contributed by atoms with Crippen LogP contribution in [-0.4, -0.2) is 42.4 Å². The van der Waals surface area contributed by atoms with Gasteiger partial charge in [-0.05, 0) is 60.9 Å². The van der Waals surface area contributed by atoms with Gasteiger partial charge in [-0.2, -0.15) is 0 Å². The number of piperidine rings is 1. The third-order valence-corrected chi connectivity index (χ3v) is 5.46. The standard InChI is InChI=1S/C24H31NO4/c1-28-22-14-12-21(13-15-22)20-10-8-19(9-11-20)18-29-23-6-2-4-16-25(23)17-5-3-7-24(26)27/h8-15,23H,2-7,16-18H2,1H3,(H,26,27). The summed E-state index contributed by atoms with van der Waals surface area (Å²) in [5.74, 6) is 0.147. The molecule has 2 aromatic rings. The minimum atomic E-state index is -0.713. The molecule has 1 atom stereocenters. The topological polar surface area (TPSA) is 59.0 Å². The van der Waals surface area contributed by atoms with Crippen LogP contribution in [0.25, 0.3) is 11.1 Å². The van der Waals surface area contributed by atoms with Crippen molar-refractivity contribution in [2.24, 2.45) is 0 Å². The van der Waals surface area contributed by atoms with Crippen LogP contribution in [0.1, 0.15) is 44.1 Å². The molecule has 29 heavy (non-hydrogen) atoms. The number of carboxylic acid groups (broad SMARTS) is 1. The van der Waals surface area contributed by atoms with Gasteiger partial charge in [0.05, 0.1) is 13.7 Å². The molecule has 1 fully saturated rings. The summed E-state index contributed by atoms with van der Waals surface area (Å²) in [7, 11) is 1.67. The molecule has 2 aromatic carbocycles. The Morgan fingerprint density at radius 2 is 1.72 bits per heavy atom. The summed E-state index contributed by atoms with van der Waals surface area (Å²) in [5.41, 5.74) is 3.51. The van der Waals surface area contributed by atoms with Crippen molar-refractivity contribution in [2.75, 3.05) is 20.2 Å². The molecule has 0 amide bonds. The zero-order valence-electron chi connectivity index (χ0n) is 17.2. The summed E-state index contributed by atoms with van der Waals surface area (Å²) in [4.78, 5) is 13.0. The van der Waals surface area contributed by atoms with E-state index >= 15 is 0 Å². The monoisotopic (exact) mass is 397 g/mol. The Bertz CT molecular complexity index is 757. The van der Waals surface area contributed by atoms with Crippen molar-refractivity contribution in [3.63, 3.8) is 0 Å². The summed E-state index contributed by atoms with van der Waals surface area (Å²) in [6.45, 7) is 2.54. The number of nitrogens with zero attached hydrogens (tertiary/aromatic N) is 1. The summed E-state index contributed by atoms with van der Waals surface area (Å²) in [5, 5.41) is 8.78. The minimum absolute atomic E-state index is 0.134. The Kier molecular flexibility index (Phi) is 8.08. The number of carboxylic acids is 1. The van der Waals surface area contributed by atoms with Crippen molar-refractivity contribution in [1.29, 1.82) is 0 Å². The molecular formula is C24H31NO4. The first-order chi connectivity index (χ1) is 14.2. The highest BCUT2D eigenvalue weighted by Gasteiger charge is 2.22. The van der Waals surface area contributed by atoms with Gasteiger partial charge in [-0.15, -0.1) is 0 Å². The van der Waals surface area contributed by atoms with Gasteiger partial charge in [-0.25, -0.2) is 0 Å². The smallest absolute Gasteiger partial charge is 0.303 e. The fourth-order valence-electron chi connectivity index (χ4n) is 3.77. The van der Waals surface area contributed by atoms with Gasteiger partial charge >= 0.3 is 5.97 Å². The third kappa shape index (κ3) is 6.58. The number of ether oxygens (including phenoxy) is 2. The second-order valence-corrected chi connectivity index (χ2v) is 7.57. The number of rotatable bonds is 10. The molecular weight excluding hydrogens is 366 g/mol. The maximum Gasteiger partial charge on any atom is 0.303 e. The lowest BCUT2D eigenvalue weighted by molar-refractivity contribution is -0.137. The molecule has 0 saturated carbocycles. The normalized spacial score (nSPS) is 17.2. The summed E-state index contributed by atoms with van der Waals surface area (Å²) >= 11 is 0. The van der Waals surface area contributed by atoms with Crippen molar-refractivity contribution >= 4 is 5.97 Å². The molecule has 5 heteroatoms. The fraction of sp³-hybridized carbons (Fsp3) is 0.458. The van der Waals surface area contributed by atoms with E-state index in [-0.39, 0.29) is 12.6 Å². The first-order valence-corrected chi connectivity index (χ1v) is 10.5. The van der Waals surface area contributed by atoms with Crippen LogP contribution in [0.4, 0.5) is 0 Å². The highest BCUT2D eigenvalue weighted by Crippen LogP contribution is 2.24. The Hall–Kier alpha value is -2.37. The zero-order valence-corrected chi connectivity index (χ0v) is 17.2. The molecule has 0 bridgehead atoms. The lowest BCUT2D eigenvalue weighted by atomic mass is 10.0. The molecule has 1 aliphatic rings. The number of hydrogen-bond acceptors (Lipinski definition) is 4. The van der Waals surface area contributed by atoms with Gasteiger partial charge in [-0.3, -0.25) is 9.69 Å². The van der Waals surface area contributed by atoms with Crippen LogP contribution >= 0.6 is 0 Å². The number of unbranched alkanes of at least 4 members (excludes halogenated alkanes) is 1. The average molecular weight is 398 g/mol. The molecule has 156 valence electrons. The van der Waals surface area contributed by atoms with Gasteiger partial charge in [-0.1, -0.05) is 36.4 Å². The largest absolute Gasteiger partial charge is 0.497 e. The number of hydrogen-bond donors (Lipinski definition) is 1. The second kappa shape index (κ2) is 11.0. The second-order valence-electron chi connectivity index (χ2n) is 7.57. The van der Waals surface area contributed by atoms with Gasteiger partial charge in [0.15, 0.2) is 0 Å². The molecule has 0 spiro atoms. The summed E-state index contributed by atoms with van der Waals surface area (Å²) in [6, 6.07) is 16.6. The van der Waals surface area contributed by atoms with E-state index in [2.05, 4.69) is 41.3 Å². The van der Waals surface area contributed by atoms with Crippen LogP contribution in [0.5, 0.6) is 5.75 Å². The summed E-state index contributed by atoms with van der Waals surface area (Å²) in [6.07, 6.45) is 5.44. The first kappa shape index (κ1) is 21.3. The maximum absolute atomic E-state index is 10.7. The molecule has 1 unspecified atom stereocenters. The third-order valence-electron chi connectivity index (χ3n) is 5.46. The van der Waals surface area contributed by atoms with Crippen molar-refractivity contribution in [2.45, 2.75) is 51.4 Å². The fourth-order valence-corrected chi connectivity index (χ4v) is 3.77. The number of carbonyl (C=O) groups is 1. The highest BCUT2D eigenvalue weighted by atomic mass is 16.5. The number of methoxy groups -OCH3 is 1. The molecule has 1 N–H and O–H groups in total. The van der Waals surface area contributed by atoms with E-state index < -0.39 is 5.97 Å². The quantitative estimate of drug-likeness (QED) is 0.575. The van der Waals surface area contributed by atoms with E-state index in [4.69, 9.17) is 14.6 Å². The van der Waals surface area contributed by atoms with Crippen molar-refractivity contribution in [3.8, 4) is 16.9 Å². The predicted octanol–water partition coefficient (Wildman–Crippen LogP) is 4.95. The molecule has 5 nitrogen and oxygen atoms in total. The van der Waals surface area contributed by atoms with E-state index in [1.807, 2.05) is 12.1 Å². The Labute approximate surface area is 173 Å². The van der Waals surface area contributed by atoms with Crippen LogP contribution in [0.15, 0.2) is 48.5 Å². The van der Waals surface area contributed by atoms with Crippen molar-refractivity contribution < 1.29 is 19.4 Å². The van der Waals surface area contributed by atoms with E-state index in [0.717, 1.165) is 43.7 Å². The molecule has 1 aliphatic heterocycles. The zero-order chi connectivity index (χ0) is 20.5. The number of likely N-dealkylation sites (tertiary alicyclic amines) is 1. The average Bonchev–Trinajstić information content (AvgIpc) is 2.76.